The van der Waals surface area contributed by atoms with Gasteiger partial charge in [0.25, 0.3) is 6.79 Å². The van der Waals surface area contributed by atoms with Gasteiger partial charge in [-0.05, 0) is 111 Å². The molecule has 2 radical (unpaired) electrons. The molecule has 290 valence electrons. The van der Waals surface area contributed by atoms with E-state index in [0.717, 1.165) is 0 Å². The monoisotopic (exact) mass is 850 g/mol. The van der Waals surface area contributed by atoms with Crippen molar-refractivity contribution in [1.29, 1.82) is 0 Å². The van der Waals surface area contributed by atoms with Crippen LogP contribution in [0, 0.1) is 0 Å². The maximum atomic E-state index is 7.50. The van der Waals surface area contributed by atoms with Gasteiger partial charge < -0.3 is 0 Å². The summed E-state index contributed by atoms with van der Waals surface area (Å²) < 4.78 is 14.1. The second-order valence-corrected chi connectivity index (χ2v) is 25.5. The Morgan fingerprint density at radius 2 is 0.531 bits per heavy atom. The summed E-state index contributed by atoms with van der Waals surface area (Å²) in [7, 11) is 2.42. The van der Waals surface area contributed by atoms with Crippen molar-refractivity contribution >= 4 is 41.2 Å². The van der Waals surface area contributed by atoms with Gasteiger partial charge in [0.1, 0.15) is 0 Å². The molecule has 49 heavy (non-hydrogen) atoms. The topological polar surface area (TPSA) is 44.8 Å². The van der Waals surface area contributed by atoms with Crippen molar-refractivity contribution in [3.05, 3.63) is 0 Å². The van der Waals surface area contributed by atoms with Gasteiger partial charge in [0, 0.05) is 19.5 Å². The molecule has 0 aliphatic heterocycles. The fraction of sp³-hybridized carbons (Fsp3) is 0.975. The second kappa shape index (κ2) is 28.2. The molecule has 0 aromatic rings. The number of hydrogen-bond donors (Lipinski definition) is 0. The van der Waals surface area contributed by atoms with E-state index in [0.29, 0.717) is 15.8 Å². The Labute approximate surface area is 325 Å². The Morgan fingerprint density at radius 3 is 0.633 bits per heavy atom. The van der Waals surface area contributed by atoms with Crippen LogP contribution in [0.5, 0.6) is 0 Å². The Balaban J connectivity index is 0.000000265. The quantitative estimate of drug-likeness (QED) is 0.171. The van der Waals surface area contributed by atoms with Gasteiger partial charge in [-0.15, -0.1) is 0 Å². The third-order valence-corrected chi connectivity index (χ3v) is 23.7. The van der Waals surface area contributed by atoms with Crippen LogP contribution in [0.15, 0.2) is 0 Å². The molecule has 0 unspecified atom stereocenters. The zero-order chi connectivity index (χ0) is 34.5. The van der Waals surface area contributed by atoms with Gasteiger partial charge in [-0.1, -0.05) is 131 Å². The summed E-state index contributed by atoms with van der Waals surface area (Å²) in [6, 6.07) is 0. The summed E-state index contributed by atoms with van der Waals surface area (Å²) in [5.74, 6) is 0. The van der Waals surface area contributed by atoms with E-state index in [-0.39, 0.29) is 19.5 Å². The summed E-state index contributed by atoms with van der Waals surface area (Å²) in [4.78, 5) is 7.50. The van der Waals surface area contributed by atoms with E-state index in [1.54, 1.807) is 154 Å². The minimum Gasteiger partial charge on any atom is -0.281 e. The van der Waals surface area contributed by atoms with Gasteiger partial charge in [0.05, 0.1) is 0 Å². The molecule has 0 N–H and O–H groups in total. The minimum absolute atomic E-state index is 0. The summed E-state index contributed by atoms with van der Waals surface area (Å²) in [5.41, 5.74) is 7.14. The summed E-state index contributed by atoms with van der Waals surface area (Å²) >= 11 is 5.56. The summed E-state index contributed by atoms with van der Waals surface area (Å²) in [6.07, 6.45) is 47.2. The first-order valence-corrected chi connectivity index (χ1v) is 26.5. The van der Waals surface area contributed by atoms with Crippen LogP contribution in [0.1, 0.15) is 193 Å². The molecule has 0 atom stereocenters. The SMILES string of the molecule is C1CCC(P(C2CCCCC2)C2CCCCC2)CC1.C1CCC(P(C2CCCCC2)C2CCCCC2)CC1.CO[PH](Cl)(OC)OC.[C]=O.[Ru]. The number of hydrogen-bond acceptors (Lipinski definition) is 4. The molecule has 6 rings (SSSR count). The smallest absolute Gasteiger partial charge is 0.281 e. The van der Waals surface area contributed by atoms with E-state index in [4.69, 9.17) is 29.6 Å². The van der Waals surface area contributed by atoms with Crippen molar-refractivity contribution in [2.75, 3.05) is 21.3 Å². The van der Waals surface area contributed by atoms with Gasteiger partial charge in [-0.25, -0.2) is 0 Å². The fourth-order valence-corrected chi connectivity index (χ4v) is 20.2. The van der Waals surface area contributed by atoms with E-state index in [1.807, 2.05) is 0 Å². The molecule has 0 aromatic heterocycles. The van der Waals surface area contributed by atoms with Crippen molar-refractivity contribution in [3.8, 4) is 0 Å². The van der Waals surface area contributed by atoms with E-state index >= 15 is 0 Å². The first-order valence-electron chi connectivity index (χ1n) is 20.7. The predicted molar refractivity (Wildman–Crippen MR) is 216 cm³/mol. The predicted octanol–water partition coefficient (Wildman–Crippen LogP) is 14.1. The van der Waals surface area contributed by atoms with E-state index in [9.17, 15) is 0 Å². The van der Waals surface area contributed by atoms with Crippen LogP contribution < -0.4 is 0 Å². The Kier molecular flexibility index (Phi) is 27.0. The molecule has 9 heteroatoms. The van der Waals surface area contributed by atoms with Crippen molar-refractivity contribution < 1.29 is 37.8 Å². The van der Waals surface area contributed by atoms with Crippen molar-refractivity contribution in [2.45, 2.75) is 227 Å². The van der Waals surface area contributed by atoms with Crippen LogP contribution in [-0.4, -0.2) is 62.1 Å². The van der Waals surface area contributed by atoms with Crippen LogP contribution in [0.2, 0.25) is 0 Å². The van der Waals surface area contributed by atoms with Crippen LogP contribution >= 0.6 is 34.4 Å². The summed E-state index contributed by atoms with van der Waals surface area (Å²) in [6.45, 7) is 4.50. The zero-order valence-electron chi connectivity index (χ0n) is 31.9. The Morgan fingerprint density at radius 1 is 0.388 bits per heavy atom. The third-order valence-electron chi connectivity index (χ3n) is 12.7. The number of carbonyl (C=O) groups excluding carboxylic acids is 1. The number of rotatable bonds is 9. The molecule has 0 aromatic carbocycles. The van der Waals surface area contributed by atoms with Gasteiger partial charge in [-0.2, -0.15) is 0 Å². The molecule has 6 aliphatic carbocycles. The van der Waals surface area contributed by atoms with Crippen LogP contribution in [0.25, 0.3) is 0 Å². The standard InChI is InChI=1S/2C18H33P.C3H10ClO3P.CO.Ru/c2*1-4-10-16(11-5-1)19(17-12-6-2-7-13-17)18-14-8-3-9-15-18;1-5-8(4,6-2)7-3;1-2;/h2*16-18H,1-15H2;8H,1-3H3;;. The van der Waals surface area contributed by atoms with E-state index in [2.05, 4.69) is 6.79 Å². The fourth-order valence-electron chi connectivity index (χ4n) is 10.3. The number of halogens is 1. The molecule has 0 saturated heterocycles. The van der Waals surface area contributed by atoms with Crippen molar-refractivity contribution in [1.82, 2.24) is 0 Å². The Hall–Kier alpha value is 1.75. The van der Waals surface area contributed by atoms with Crippen molar-refractivity contribution in [2.24, 2.45) is 0 Å². The molecular weight excluding hydrogens is 774 g/mol. The van der Waals surface area contributed by atoms with Crippen molar-refractivity contribution in [3.63, 3.8) is 0 Å². The van der Waals surface area contributed by atoms with E-state index in [1.165, 1.54) is 93.8 Å². The average molecular weight is 850 g/mol. The molecular formula is C40H76ClO4P3Ru. The average Bonchev–Trinajstić information content (AvgIpc) is 3.19. The molecule has 4 nitrogen and oxygen atoms in total. The molecule has 0 bridgehead atoms. The minimum atomic E-state index is -2.70. The van der Waals surface area contributed by atoms with Crippen LogP contribution in [-0.2, 0) is 37.8 Å². The first kappa shape index (κ1) is 46.9. The van der Waals surface area contributed by atoms with Gasteiger partial charge in [0.2, 0.25) is 0 Å². The first-order chi connectivity index (χ1) is 23.6. The molecule has 0 spiro atoms. The largest absolute Gasteiger partial charge is 0.281 e. The third kappa shape index (κ3) is 16.6. The van der Waals surface area contributed by atoms with Gasteiger partial charge in [0.15, 0.2) is 0 Å². The maximum Gasteiger partial charge on any atom is 0.281 e. The normalized spacial score (nSPS) is 24.8. The van der Waals surface area contributed by atoms with Crippen LogP contribution in [0.4, 0.5) is 0 Å². The zero-order valence-corrected chi connectivity index (χ0v) is 37.2. The van der Waals surface area contributed by atoms with Gasteiger partial charge >= 0.3 is 53.4 Å². The molecule has 0 heterocycles. The molecule has 6 saturated carbocycles. The maximum absolute atomic E-state index is 7.50. The summed E-state index contributed by atoms with van der Waals surface area (Å²) in [5, 5.41) is 0. The molecule has 0 amide bonds. The Bertz CT molecular complexity index is 628. The molecule has 6 aliphatic rings. The van der Waals surface area contributed by atoms with Crippen LogP contribution in [0.3, 0.4) is 0 Å². The second-order valence-electron chi connectivity index (χ2n) is 15.7. The van der Waals surface area contributed by atoms with Gasteiger partial charge in [-0.3, -0.25) is 4.79 Å². The van der Waals surface area contributed by atoms with E-state index < -0.39 is 7.30 Å². The molecule has 6 fully saturated rings.